The molecule has 95 heavy (non-hydrogen) atoms. The monoisotopic (exact) mass is 1570 g/mol. The van der Waals surface area contributed by atoms with Crippen molar-refractivity contribution in [3.63, 3.8) is 0 Å². The second kappa shape index (κ2) is 39.8. The lowest BCUT2D eigenvalue weighted by Gasteiger charge is -2.25. The molecule has 0 aromatic heterocycles. The van der Waals surface area contributed by atoms with Crippen LogP contribution in [0.3, 0.4) is 0 Å². The first-order valence-corrected chi connectivity index (χ1v) is 34.1. The molecule has 9 nitrogen and oxygen atoms in total. The van der Waals surface area contributed by atoms with E-state index in [0.29, 0.717) is 24.3 Å². The minimum Gasteiger partial charge on any atom is -0.356 e. The van der Waals surface area contributed by atoms with E-state index in [9.17, 15) is 9.59 Å². The molecule has 0 atom stereocenters. The fraction of sp³-hybridized carbons (Fsp3) is 0.0617. The van der Waals surface area contributed by atoms with E-state index in [-0.39, 0.29) is 12.4 Å². The average Bonchev–Trinajstić information content (AvgIpc) is 0.896. The molecule has 0 aliphatic rings. The molecule has 0 aliphatic carbocycles. The SMILES string of the molecule is C=Cc1ccc(N(c2ccc(Br)cc2)c2ccc(Br)cc2)cc1.CCOC(OCC)c1ccc(Br)cc1.N.O=Cc1ccc(N(c2ccc(Br)cc2)c2ccc(Br)cc2)cc1.O=Cc1ccc(N(c2ccccc2)c2ccccc2)cc1.c1ccc(Nc2ccccc2)cc1. The van der Waals surface area contributed by atoms with Gasteiger partial charge < -0.3 is 35.6 Å². The maximum Gasteiger partial charge on any atom is 0.183 e. The van der Waals surface area contributed by atoms with E-state index >= 15 is 0 Å². The van der Waals surface area contributed by atoms with Crippen molar-refractivity contribution in [2.45, 2.75) is 20.1 Å². The maximum atomic E-state index is 10.9. The predicted octanol–water partition coefficient (Wildman–Crippen LogP) is 25.9. The van der Waals surface area contributed by atoms with E-state index in [1.807, 2.05) is 214 Å². The number of hydrogen-bond acceptors (Lipinski definition) is 9. The summed E-state index contributed by atoms with van der Waals surface area (Å²) in [5, 5.41) is 3.30. The molecule has 0 spiro atoms. The summed E-state index contributed by atoms with van der Waals surface area (Å²) >= 11 is 17.3. The van der Waals surface area contributed by atoms with E-state index < -0.39 is 0 Å². The van der Waals surface area contributed by atoms with E-state index in [0.717, 1.165) is 109 Å². The summed E-state index contributed by atoms with van der Waals surface area (Å²) in [5.41, 5.74) is 15.4. The molecule has 12 aromatic rings. The second-order valence-corrected chi connectivity index (χ2v) is 25.0. The number of carbonyl (C=O) groups is 2. The highest BCUT2D eigenvalue weighted by Gasteiger charge is 2.16. The third-order valence-electron chi connectivity index (χ3n) is 13.9. The summed E-state index contributed by atoms with van der Waals surface area (Å²) in [5.74, 6) is 0. The van der Waals surface area contributed by atoms with Gasteiger partial charge in [0, 0.05) is 115 Å². The molecule has 0 bridgehead atoms. The van der Waals surface area contributed by atoms with Crippen molar-refractivity contribution < 1.29 is 19.1 Å². The number of rotatable bonds is 19. The first kappa shape index (κ1) is 73.6. The molecule has 0 saturated carbocycles. The Kier molecular flexibility index (Phi) is 30.8. The summed E-state index contributed by atoms with van der Waals surface area (Å²) in [6.45, 7) is 9.05. The Hall–Kier alpha value is -8.80. The normalized spacial score (nSPS) is 10.1. The lowest BCUT2D eigenvalue weighted by molar-refractivity contribution is -0.140. The van der Waals surface area contributed by atoms with Crippen LogP contribution in [-0.4, -0.2) is 25.8 Å². The average molecular weight is 1580 g/mol. The standard InChI is InChI=1S/C20H15Br2N.C19H13Br2NO.C19H15NO.C12H11N.C11H15BrO2.H3N/c1-2-15-3-9-18(10-4-15)23(19-11-5-16(21)6-12-19)20-13-7-17(22)8-14-20;20-15-3-9-18(10-4-15)22(19-11-5-16(21)6-12-19)17-7-1-14(13-23)2-8-17;21-15-16-11-13-19(14-12-16)20(17-7-3-1-4-8-17)18-9-5-2-6-10-18;1-3-7-11(8-4-1)13-12-9-5-2-6-10-12;1-3-13-11(14-4-2)9-5-7-10(12)8-6-9;/h2-14H,1H2;1-13H;1-15H;1-10,13H;5-8,11H,3-4H2,1-2H3;1H3. The molecular formula is C81H72Br5N5O4. The topological polar surface area (TPSA) is 109 Å². The molecule has 12 aromatic carbocycles. The first-order chi connectivity index (χ1) is 45.9. The molecule has 0 heterocycles. The Morgan fingerprint density at radius 1 is 0.326 bits per heavy atom. The van der Waals surface area contributed by atoms with Gasteiger partial charge in [-0.1, -0.05) is 189 Å². The molecule has 0 saturated heterocycles. The largest absolute Gasteiger partial charge is 0.356 e. The number of benzene rings is 12. The number of halogens is 5. The van der Waals surface area contributed by atoms with Gasteiger partial charge in [0.05, 0.1) is 0 Å². The Balaban J connectivity index is 0.000000170. The van der Waals surface area contributed by atoms with E-state index in [4.69, 9.17) is 9.47 Å². The molecular weight excluding hydrogens is 1510 g/mol. The fourth-order valence-electron chi connectivity index (χ4n) is 9.39. The zero-order valence-electron chi connectivity index (χ0n) is 52.5. The van der Waals surface area contributed by atoms with Crippen LogP contribution in [0.15, 0.2) is 344 Å². The molecule has 4 N–H and O–H groups in total. The van der Waals surface area contributed by atoms with Crippen LogP contribution in [-0.2, 0) is 9.47 Å². The number of anilines is 11. The van der Waals surface area contributed by atoms with Crippen molar-refractivity contribution in [2.75, 3.05) is 33.2 Å². The van der Waals surface area contributed by atoms with Crippen molar-refractivity contribution in [3.8, 4) is 0 Å². The van der Waals surface area contributed by atoms with Gasteiger partial charge in [-0.3, -0.25) is 9.59 Å². The lowest BCUT2D eigenvalue weighted by atomic mass is 10.1. The summed E-state index contributed by atoms with van der Waals surface area (Å²) in [6.07, 6.45) is 3.33. The Morgan fingerprint density at radius 3 is 0.789 bits per heavy atom. The number of aldehydes is 2. The molecule has 0 amide bonds. The summed E-state index contributed by atoms with van der Waals surface area (Å²) in [7, 11) is 0. The molecule has 14 heteroatoms. The van der Waals surface area contributed by atoms with Crippen LogP contribution in [0.5, 0.6) is 0 Å². The van der Waals surface area contributed by atoms with Gasteiger partial charge in [-0.25, -0.2) is 0 Å². The highest BCUT2D eigenvalue weighted by Crippen LogP contribution is 2.38. The number of para-hydroxylation sites is 4. The number of ether oxygens (including phenoxy) is 2. The molecule has 0 fully saturated rings. The van der Waals surface area contributed by atoms with Crippen molar-refractivity contribution in [2.24, 2.45) is 0 Å². The minimum atomic E-state index is -0.238. The zero-order valence-corrected chi connectivity index (χ0v) is 60.5. The van der Waals surface area contributed by atoms with Crippen LogP contribution in [0.25, 0.3) is 6.08 Å². The van der Waals surface area contributed by atoms with Gasteiger partial charge in [0.2, 0.25) is 0 Å². The number of hydrogen-bond donors (Lipinski definition) is 2. The van der Waals surface area contributed by atoms with Gasteiger partial charge >= 0.3 is 0 Å². The quantitative estimate of drug-likeness (QED) is 0.0604. The predicted molar refractivity (Wildman–Crippen MR) is 416 cm³/mol. The summed E-state index contributed by atoms with van der Waals surface area (Å²) < 4.78 is 16.2. The highest BCUT2D eigenvalue weighted by atomic mass is 79.9. The number of carbonyl (C=O) groups excluding carboxylic acids is 2. The van der Waals surface area contributed by atoms with Crippen LogP contribution in [0, 0.1) is 0 Å². The summed E-state index contributed by atoms with van der Waals surface area (Å²) in [6, 6.07) is 105. The van der Waals surface area contributed by atoms with Crippen molar-refractivity contribution >= 4 is 161 Å². The van der Waals surface area contributed by atoms with Crippen molar-refractivity contribution in [3.05, 3.63) is 367 Å². The number of nitrogens with zero attached hydrogens (tertiary/aromatic N) is 3. The smallest absolute Gasteiger partial charge is 0.183 e. The lowest BCUT2D eigenvalue weighted by Crippen LogP contribution is -2.09. The van der Waals surface area contributed by atoms with Gasteiger partial charge in [0.15, 0.2) is 6.29 Å². The van der Waals surface area contributed by atoms with Crippen molar-refractivity contribution in [1.29, 1.82) is 0 Å². The van der Waals surface area contributed by atoms with E-state index in [1.54, 1.807) is 0 Å². The molecule has 480 valence electrons. The van der Waals surface area contributed by atoms with Crippen LogP contribution in [0.1, 0.15) is 52.0 Å². The Morgan fingerprint density at radius 2 is 0.547 bits per heavy atom. The molecule has 12 rings (SSSR count). The highest BCUT2D eigenvalue weighted by molar-refractivity contribution is 9.11. The third kappa shape index (κ3) is 23.3. The van der Waals surface area contributed by atoms with Gasteiger partial charge in [0.1, 0.15) is 12.6 Å². The first-order valence-electron chi connectivity index (χ1n) is 30.2. The molecule has 0 radical (unpaired) electrons. The fourth-order valence-corrected chi connectivity index (χ4v) is 10.7. The van der Waals surface area contributed by atoms with Gasteiger partial charge in [-0.05, 0) is 238 Å². The van der Waals surface area contributed by atoms with Gasteiger partial charge in [-0.15, -0.1) is 0 Å². The van der Waals surface area contributed by atoms with Crippen LogP contribution in [0.2, 0.25) is 0 Å². The zero-order chi connectivity index (χ0) is 66.3. The summed E-state index contributed by atoms with van der Waals surface area (Å²) in [4.78, 5) is 28.2. The third-order valence-corrected chi connectivity index (χ3v) is 16.6. The van der Waals surface area contributed by atoms with Crippen LogP contribution in [0.4, 0.5) is 62.6 Å². The van der Waals surface area contributed by atoms with E-state index in [1.165, 1.54) is 0 Å². The van der Waals surface area contributed by atoms with E-state index in [2.05, 4.69) is 228 Å². The Bertz CT molecular complexity index is 3830. The molecule has 0 aliphatic heterocycles. The maximum absolute atomic E-state index is 10.9. The molecule has 0 unspecified atom stereocenters. The number of nitrogens with one attached hydrogen (secondary N) is 1. The van der Waals surface area contributed by atoms with Crippen molar-refractivity contribution in [1.82, 2.24) is 6.15 Å². The van der Waals surface area contributed by atoms with Gasteiger partial charge in [0.25, 0.3) is 0 Å². The second-order valence-electron chi connectivity index (χ2n) is 20.4. The minimum absolute atomic E-state index is 0. The van der Waals surface area contributed by atoms with Crippen LogP contribution < -0.4 is 26.2 Å². The van der Waals surface area contributed by atoms with Gasteiger partial charge in [-0.2, -0.15) is 0 Å². The Labute approximate surface area is 601 Å². The van der Waals surface area contributed by atoms with Crippen LogP contribution >= 0.6 is 79.6 Å².